The van der Waals surface area contributed by atoms with Crippen LogP contribution in [0.4, 0.5) is 5.69 Å². The van der Waals surface area contributed by atoms with Gasteiger partial charge in [-0.15, -0.1) is 0 Å². The summed E-state index contributed by atoms with van der Waals surface area (Å²) in [6, 6.07) is 1.87. The molecule has 17 heavy (non-hydrogen) atoms. The highest BCUT2D eigenvalue weighted by molar-refractivity contribution is 6.16. The van der Waals surface area contributed by atoms with Crippen molar-refractivity contribution in [2.45, 2.75) is 13.3 Å². The largest absolute Gasteiger partial charge is 0.393 e. The average Bonchev–Trinajstić information content (AvgIpc) is 2.36. The van der Waals surface area contributed by atoms with E-state index < -0.39 is 0 Å². The van der Waals surface area contributed by atoms with E-state index in [4.69, 9.17) is 5.41 Å². The number of aromatic nitrogens is 1. The molecule has 0 aromatic carbocycles. The Bertz CT molecular complexity index is 440. The monoisotopic (exact) mass is 232 g/mol. The molecule has 90 valence electrons. The molecule has 1 aromatic heterocycles. The third-order valence-electron chi connectivity index (χ3n) is 2.18. The molecular formula is C12H16N4O. The van der Waals surface area contributed by atoms with Crippen LogP contribution in [0.1, 0.15) is 12.5 Å². The van der Waals surface area contributed by atoms with Gasteiger partial charge in [-0.1, -0.05) is 6.92 Å². The maximum absolute atomic E-state index is 11.7. The van der Waals surface area contributed by atoms with Gasteiger partial charge >= 0.3 is 0 Å². The Morgan fingerprint density at radius 2 is 2.29 bits per heavy atom. The van der Waals surface area contributed by atoms with Crippen LogP contribution in [0.15, 0.2) is 30.2 Å². The number of nitrogens with one attached hydrogen (secondary N) is 3. The maximum atomic E-state index is 11.7. The second-order valence-corrected chi connectivity index (χ2v) is 3.42. The van der Waals surface area contributed by atoms with Crippen molar-refractivity contribution in [3.63, 3.8) is 0 Å². The Balaban J connectivity index is 2.79. The van der Waals surface area contributed by atoms with Gasteiger partial charge in [-0.05, 0) is 18.1 Å². The quantitative estimate of drug-likeness (QED) is 0.529. The molecule has 1 heterocycles. The maximum Gasteiger partial charge on any atom is 0.258 e. The standard InChI is InChI=1S/C12H16N4O/c1-3-9-4-11(8-15-6-9)16-12(17)10(5-13)7-14-2/h4-8,13-14H,3H2,1-2H3,(H,16,17)/b10-7+,13-5?. The van der Waals surface area contributed by atoms with E-state index in [-0.39, 0.29) is 11.5 Å². The van der Waals surface area contributed by atoms with Crippen LogP contribution in [0.3, 0.4) is 0 Å². The summed E-state index contributed by atoms with van der Waals surface area (Å²) >= 11 is 0. The van der Waals surface area contributed by atoms with Crippen molar-refractivity contribution in [1.82, 2.24) is 10.3 Å². The van der Waals surface area contributed by atoms with Crippen molar-refractivity contribution in [1.29, 1.82) is 5.41 Å². The van der Waals surface area contributed by atoms with Gasteiger partial charge in [0, 0.05) is 25.7 Å². The first-order valence-electron chi connectivity index (χ1n) is 5.34. The van der Waals surface area contributed by atoms with Gasteiger partial charge in [-0.3, -0.25) is 9.78 Å². The highest BCUT2D eigenvalue weighted by Crippen LogP contribution is 2.09. The predicted octanol–water partition coefficient (Wildman–Crippen LogP) is 1.34. The molecule has 0 radical (unpaired) electrons. The first kappa shape index (κ1) is 12.9. The summed E-state index contributed by atoms with van der Waals surface area (Å²) in [4.78, 5) is 15.8. The van der Waals surface area contributed by atoms with Crippen LogP contribution in [0, 0.1) is 5.41 Å². The van der Waals surface area contributed by atoms with Crippen LogP contribution in [-0.4, -0.2) is 24.2 Å². The molecule has 0 saturated heterocycles. The van der Waals surface area contributed by atoms with E-state index in [0.29, 0.717) is 5.69 Å². The minimum atomic E-state index is -0.329. The Labute approximate surface area is 100 Å². The van der Waals surface area contributed by atoms with Crippen LogP contribution in [0.5, 0.6) is 0 Å². The summed E-state index contributed by atoms with van der Waals surface area (Å²) in [5, 5.41) is 12.5. The lowest BCUT2D eigenvalue weighted by Gasteiger charge is -2.06. The third kappa shape index (κ3) is 3.71. The van der Waals surface area contributed by atoms with E-state index in [0.717, 1.165) is 18.2 Å². The molecule has 0 bridgehead atoms. The molecule has 1 rings (SSSR count). The predicted molar refractivity (Wildman–Crippen MR) is 68.2 cm³/mol. The summed E-state index contributed by atoms with van der Waals surface area (Å²) in [5.74, 6) is -0.329. The summed E-state index contributed by atoms with van der Waals surface area (Å²) in [5.41, 5.74) is 1.95. The van der Waals surface area contributed by atoms with Crippen molar-refractivity contribution in [2.24, 2.45) is 0 Å². The van der Waals surface area contributed by atoms with Crippen molar-refractivity contribution in [3.05, 3.63) is 35.8 Å². The van der Waals surface area contributed by atoms with Crippen LogP contribution < -0.4 is 10.6 Å². The highest BCUT2D eigenvalue weighted by Gasteiger charge is 2.07. The zero-order valence-corrected chi connectivity index (χ0v) is 9.95. The number of nitrogens with zero attached hydrogens (tertiary/aromatic N) is 1. The Hall–Kier alpha value is -2.17. The van der Waals surface area contributed by atoms with Crippen LogP contribution in [-0.2, 0) is 11.2 Å². The molecule has 1 amide bonds. The molecule has 0 fully saturated rings. The number of anilines is 1. The summed E-state index contributed by atoms with van der Waals surface area (Å²) in [6.45, 7) is 2.02. The van der Waals surface area contributed by atoms with Crippen molar-refractivity contribution in [3.8, 4) is 0 Å². The van der Waals surface area contributed by atoms with E-state index in [1.165, 1.54) is 6.20 Å². The minimum absolute atomic E-state index is 0.259. The number of amides is 1. The van der Waals surface area contributed by atoms with E-state index in [1.54, 1.807) is 19.4 Å². The van der Waals surface area contributed by atoms with E-state index in [2.05, 4.69) is 15.6 Å². The minimum Gasteiger partial charge on any atom is -0.393 e. The fourth-order valence-electron chi connectivity index (χ4n) is 1.28. The normalized spacial score (nSPS) is 10.8. The molecule has 0 aliphatic carbocycles. The molecule has 0 saturated carbocycles. The lowest BCUT2D eigenvalue weighted by atomic mass is 10.2. The van der Waals surface area contributed by atoms with E-state index in [1.807, 2.05) is 13.0 Å². The molecule has 0 unspecified atom stereocenters. The van der Waals surface area contributed by atoms with Gasteiger partial charge in [0.2, 0.25) is 0 Å². The number of hydrogen-bond donors (Lipinski definition) is 3. The van der Waals surface area contributed by atoms with Crippen LogP contribution >= 0.6 is 0 Å². The number of aryl methyl sites for hydroxylation is 1. The van der Waals surface area contributed by atoms with Crippen molar-refractivity contribution >= 4 is 17.8 Å². The van der Waals surface area contributed by atoms with Gasteiger partial charge in [0.1, 0.15) is 0 Å². The number of rotatable bonds is 5. The second-order valence-electron chi connectivity index (χ2n) is 3.42. The summed E-state index contributed by atoms with van der Waals surface area (Å²) in [6.07, 6.45) is 6.68. The van der Waals surface area contributed by atoms with Gasteiger partial charge in [0.15, 0.2) is 0 Å². The smallest absolute Gasteiger partial charge is 0.258 e. The van der Waals surface area contributed by atoms with Crippen LogP contribution in [0.2, 0.25) is 0 Å². The van der Waals surface area contributed by atoms with E-state index >= 15 is 0 Å². The number of pyridine rings is 1. The molecule has 5 nitrogen and oxygen atoms in total. The SMILES string of the molecule is CCc1cncc(NC(=O)/C(C=N)=C/NC)c1. The first-order chi connectivity index (χ1) is 8.21. The molecule has 0 aliphatic heterocycles. The molecule has 0 aliphatic rings. The number of carbonyl (C=O) groups excluding carboxylic acids is 1. The van der Waals surface area contributed by atoms with Gasteiger partial charge < -0.3 is 16.0 Å². The third-order valence-corrected chi connectivity index (χ3v) is 2.18. The Morgan fingerprint density at radius 1 is 1.53 bits per heavy atom. The number of carbonyl (C=O) groups is 1. The second kappa shape index (κ2) is 6.42. The van der Waals surface area contributed by atoms with Crippen molar-refractivity contribution < 1.29 is 4.79 Å². The lowest BCUT2D eigenvalue weighted by molar-refractivity contribution is -0.112. The van der Waals surface area contributed by atoms with Gasteiger partial charge in [0.25, 0.3) is 5.91 Å². The van der Waals surface area contributed by atoms with Gasteiger partial charge in [-0.25, -0.2) is 0 Å². The summed E-state index contributed by atoms with van der Waals surface area (Å²) < 4.78 is 0. The topological polar surface area (TPSA) is 77.9 Å². The fourth-order valence-corrected chi connectivity index (χ4v) is 1.28. The van der Waals surface area contributed by atoms with E-state index in [9.17, 15) is 4.79 Å². The molecule has 0 atom stereocenters. The lowest BCUT2D eigenvalue weighted by Crippen LogP contribution is -2.17. The highest BCUT2D eigenvalue weighted by atomic mass is 16.1. The summed E-state index contributed by atoms with van der Waals surface area (Å²) in [7, 11) is 1.68. The zero-order chi connectivity index (χ0) is 12.7. The van der Waals surface area contributed by atoms with Crippen LogP contribution in [0.25, 0.3) is 0 Å². The van der Waals surface area contributed by atoms with Gasteiger partial charge in [-0.2, -0.15) is 0 Å². The first-order valence-corrected chi connectivity index (χ1v) is 5.34. The Morgan fingerprint density at radius 3 is 2.88 bits per heavy atom. The average molecular weight is 232 g/mol. The van der Waals surface area contributed by atoms with Gasteiger partial charge in [0.05, 0.1) is 17.5 Å². The molecule has 5 heteroatoms. The fraction of sp³-hybridized carbons (Fsp3) is 0.250. The number of hydrogen-bond acceptors (Lipinski definition) is 4. The molecule has 1 aromatic rings. The molecular weight excluding hydrogens is 216 g/mol. The molecule has 3 N–H and O–H groups in total. The zero-order valence-electron chi connectivity index (χ0n) is 9.95. The van der Waals surface area contributed by atoms with Crippen molar-refractivity contribution in [2.75, 3.05) is 12.4 Å². The Kier molecular flexibility index (Phi) is 4.87. The molecule has 0 spiro atoms.